The highest BCUT2D eigenvalue weighted by molar-refractivity contribution is 6.14. The fourth-order valence-corrected chi connectivity index (χ4v) is 5.99. The number of urea groups is 1. The Labute approximate surface area is 301 Å². The lowest BCUT2D eigenvalue weighted by Crippen LogP contribution is -2.27. The summed E-state index contributed by atoms with van der Waals surface area (Å²) in [6, 6.07) is 26.8. The zero-order valence-corrected chi connectivity index (χ0v) is 29.1. The molecule has 4 aromatic rings. The van der Waals surface area contributed by atoms with E-state index in [1.54, 1.807) is 42.5 Å². The Morgan fingerprint density at radius 2 is 0.923 bits per heavy atom. The molecule has 4 aromatic carbocycles. The molecule has 0 aliphatic carbocycles. The molecule has 0 radical (unpaired) electrons. The predicted molar refractivity (Wildman–Crippen MR) is 206 cm³/mol. The third-order valence-corrected chi connectivity index (χ3v) is 8.74. The summed E-state index contributed by atoms with van der Waals surface area (Å²) in [7, 11) is 0. The average molecular weight is 697 g/mol. The molecule has 3 aliphatic rings. The van der Waals surface area contributed by atoms with Crippen LogP contribution in [0.4, 0.5) is 27.5 Å². The summed E-state index contributed by atoms with van der Waals surface area (Å²) in [5.74, 6) is 1.58. The van der Waals surface area contributed by atoms with Gasteiger partial charge in [0.1, 0.15) is 17.5 Å². The zero-order valence-electron chi connectivity index (χ0n) is 29.1. The van der Waals surface area contributed by atoms with E-state index in [1.807, 2.05) is 36.4 Å². The maximum atomic E-state index is 13.6. The number of aliphatic imine (C=N–C) groups is 3. The van der Waals surface area contributed by atoms with Crippen LogP contribution in [-0.2, 0) is 0 Å². The molecule has 0 saturated carbocycles. The average Bonchev–Trinajstić information content (AvgIpc) is 3.90. The molecule has 0 aromatic heterocycles. The van der Waals surface area contributed by atoms with Gasteiger partial charge in [-0.3, -0.25) is 24.6 Å². The maximum absolute atomic E-state index is 13.6. The van der Waals surface area contributed by atoms with E-state index in [0.29, 0.717) is 30.2 Å². The van der Waals surface area contributed by atoms with E-state index in [0.717, 1.165) is 40.7 Å². The van der Waals surface area contributed by atoms with Crippen molar-refractivity contribution in [3.05, 3.63) is 119 Å². The first-order valence-electron chi connectivity index (χ1n) is 17.3. The Bertz CT molecular complexity index is 2090. The quantitative estimate of drug-likeness (QED) is 0.129. The molecule has 13 nitrogen and oxygen atoms in total. The summed E-state index contributed by atoms with van der Waals surface area (Å²) in [5.41, 5.74) is 5.02. The molecule has 4 amide bonds. The van der Waals surface area contributed by atoms with E-state index in [1.165, 1.54) is 12.1 Å². The summed E-state index contributed by atoms with van der Waals surface area (Å²) < 4.78 is 0. The van der Waals surface area contributed by atoms with Gasteiger partial charge in [-0.25, -0.2) is 4.79 Å². The Balaban J connectivity index is 1.08. The van der Waals surface area contributed by atoms with Crippen LogP contribution in [0, 0.1) is 0 Å². The van der Waals surface area contributed by atoms with Gasteiger partial charge in [0.25, 0.3) is 11.8 Å². The Morgan fingerprint density at radius 1 is 0.519 bits per heavy atom. The minimum atomic E-state index is -0.582. The number of hydrogen-bond acceptors (Lipinski definition) is 9. The van der Waals surface area contributed by atoms with Gasteiger partial charge in [0.2, 0.25) is 0 Å². The van der Waals surface area contributed by atoms with Crippen molar-refractivity contribution in [2.75, 3.05) is 40.9 Å². The summed E-state index contributed by atoms with van der Waals surface area (Å²) in [6.07, 6.45) is 0. The number of anilines is 4. The molecule has 7 rings (SSSR count). The van der Waals surface area contributed by atoms with Crippen LogP contribution in [0.2, 0.25) is 0 Å². The predicted octanol–water partition coefficient (Wildman–Crippen LogP) is 5.05. The number of benzene rings is 4. The lowest BCUT2D eigenvalue weighted by Gasteiger charge is -2.15. The molecule has 7 N–H and O–H groups in total. The van der Waals surface area contributed by atoms with Gasteiger partial charge in [-0.05, 0) is 112 Å². The van der Waals surface area contributed by atoms with Gasteiger partial charge in [0.15, 0.2) is 0 Å². The van der Waals surface area contributed by atoms with Crippen molar-refractivity contribution < 1.29 is 14.4 Å². The van der Waals surface area contributed by atoms with E-state index in [2.05, 4.69) is 73.0 Å². The minimum absolute atomic E-state index is 0.155. The van der Waals surface area contributed by atoms with Crippen molar-refractivity contribution in [3.63, 3.8) is 0 Å². The van der Waals surface area contributed by atoms with Gasteiger partial charge in [0.05, 0.1) is 30.9 Å². The molecule has 0 spiro atoms. The van der Waals surface area contributed by atoms with E-state index in [-0.39, 0.29) is 34.9 Å². The number of carbonyl (C=O) groups excluding carboxylic acids is 3. The molecule has 52 heavy (non-hydrogen) atoms. The van der Waals surface area contributed by atoms with Crippen LogP contribution in [-0.4, -0.2) is 73.1 Å². The molecule has 3 atom stereocenters. The molecule has 3 heterocycles. The fourth-order valence-electron chi connectivity index (χ4n) is 5.99. The first-order valence-corrected chi connectivity index (χ1v) is 17.3. The number of nitrogens with one attached hydrogen (secondary N) is 7. The van der Waals surface area contributed by atoms with Crippen LogP contribution < -0.4 is 37.2 Å². The maximum Gasteiger partial charge on any atom is 0.323 e. The molecule has 3 aliphatic heterocycles. The van der Waals surface area contributed by atoms with Crippen molar-refractivity contribution in [2.45, 2.75) is 38.9 Å². The van der Waals surface area contributed by atoms with Crippen LogP contribution in [0.5, 0.6) is 0 Å². The van der Waals surface area contributed by atoms with E-state index < -0.39 is 17.8 Å². The number of amidine groups is 3. The highest BCUT2D eigenvalue weighted by Gasteiger charge is 2.20. The standard InChI is InChI=1S/C39H40N10O3/c1-22-19-40-34(43-22)25-4-11-29(12-5-25)46-37(50)28-10-17-32(38(51)47-30-13-6-26(7-14-30)35-41-20-23(2)44-35)33(18-28)49-39(52)48-31-15-8-27(9-16-31)36-42-21-24(3)45-36/h4-18,22-24H,19-21H2,1-3H3,(H,40,43)(H,41,44)(H,42,45)(H,46,50)(H,47,51)(H2,48,49,52)/t22-,23-,24+/m0/s1. The van der Waals surface area contributed by atoms with Crippen molar-refractivity contribution in [1.82, 2.24) is 16.0 Å². The summed E-state index contributed by atoms with van der Waals surface area (Å²) in [4.78, 5) is 53.9. The van der Waals surface area contributed by atoms with Crippen LogP contribution in [0.1, 0.15) is 58.2 Å². The lowest BCUT2D eigenvalue weighted by molar-refractivity contribution is 0.101. The first-order chi connectivity index (χ1) is 25.2. The van der Waals surface area contributed by atoms with Crippen molar-refractivity contribution in [2.24, 2.45) is 15.0 Å². The molecule has 264 valence electrons. The number of hydrogen-bond donors (Lipinski definition) is 7. The molecule has 0 fully saturated rings. The van der Waals surface area contributed by atoms with Gasteiger partial charge in [-0.1, -0.05) is 0 Å². The van der Waals surface area contributed by atoms with E-state index in [4.69, 9.17) is 0 Å². The van der Waals surface area contributed by atoms with Gasteiger partial charge in [0, 0.05) is 57.4 Å². The van der Waals surface area contributed by atoms with Crippen LogP contribution in [0.25, 0.3) is 0 Å². The smallest absolute Gasteiger partial charge is 0.323 e. The molecular formula is C39H40N10O3. The molecular weight excluding hydrogens is 656 g/mol. The number of amides is 4. The Hall–Kier alpha value is -6.50. The topological polar surface area (TPSA) is 172 Å². The van der Waals surface area contributed by atoms with Gasteiger partial charge >= 0.3 is 6.03 Å². The second-order valence-corrected chi connectivity index (χ2v) is 13.2. The van der Waals surface area contributed by atoms with Crippen LogP contribution in [0.15, 0.2) is 106 Å². The van der Waals surface area contributed by atoms with Crippen LogP contribution >= 0.6 is 0 Å². The number of nitrogens with zero attached hydrogens (tertiary/aromatic N) is 3. The molecule has 13 heteroatoms. The van der Waals surface area contributed by atoms with Gasteiger partial charge in [-0.15, -0.1) is 0 Å². The Kier molecular flexibility index (Phi) is 9.65. The van der Waals surface area contributed by atoms with Gasteiger partial charge in [-0.2, -0.15) is 0 Å². The second-order valence-electron chi connectivity index (χ2n) is 13.2. The van der Waals surface area contributed by atoms with Crippen molar-refractivity contribution >= 4 is 58.1 Å². The Morgan fingerprint density at radius 3 is 1.33 bits per heavy atom. The van der Waals surface area contributed by atoms with Gasteiger partial charge < -0.3 is 37.2 Å². The fraction of sp³-hybridized carbons (Fsp3) is 0.231. The number of rotatable bonds is 9. The minimum Gasteiger partial charge on any atom is -0.366 e. The largest absolute Gasteiger partial charge is 0.366 e. The zero-order chi connectivity index (χ0) is 36.2. The van der Waals surface area contributed by atoms with Crippen molar-refractivity contribution in [1.29, 1.82) is 0 Å². The third kappa shape index (κ3) is 7.94. The normalized spacial score (nSPS) is 18.9. The van der Waals surface area contributed by atoms with Crippen molar-refractivity contribution in [3.8, 4) is 0 Å². The lowest BCUT2D eigenvalue weighted by atomic mass is 10.1. The summed E-state index contributed by atoms with van der Waals surface area (Å²) >= 11 is 0. The van der Waals surface area contributed by atoms with Crippen LogP contribution in [0.3, 0.4) is 0 Å². The van der Waals surface area contributed by atoms with E-state index >= 15 is 0 Å². The summed E-state index contributed by atoms with van der Waals surface area (Å²) in [5, 5.41) is 21.4. The second kappa shape index (κ2) is 14.8. The SMILES string of the molecule is C[C@@H]1CN=C(c2ccc(NC(=O)Nc3cc(C(=O)Nc4ccc(C5=NC[C@H](C)N5)cc4)ccc3C(=O)Nc3ccc(C4=NC[C@H](C)N4)cc3)cc2)N1. The molecule has 0 bridgehead atoms. The number of carbonyl (C=O) groups is 3. The highest BCUT2D eigenvalue weighted by atomic mass is 16.2. The molecule has 0 saturated heterocycles. The first kappa shape index (κ1) is 34.0. The third-order valence-electron chi connectivity index (χ3n) is 8.74. The summed E-state index contributed by atoms with van der Waals surface area (Å²) in [6.45, 7) is 8.33. The molecule has 0 unspecified atom stereocenters. The highest BCUT2D eigenvalue weighted by Crippen LogP contribution is 2.23. The monoisotopic (exact) mass is 696 g/mol. The van der Waals surface area contributed by atoms with E-state index in [9.17, 15) is 14.4 Å².